The van der Waals surface area contributed by atoms with E-state index < -0.39 is 17.6 Å². The third-order valence-electron chi connectivity index (χ3n) is 3.43. The van der Waals surface area contributed by atoms with Crippen molar-refractivity contribution in [1.29, 1.82) is 0 Å². The number of aliphatic hydroxyl groups is 1. The van der Waals surface area contributed by atoms with E-state index in [1.807, 2.05) is 0 Å². The average Bonchev–Trinajstić information content (AvgIpc) is 2.42. The number of benzene rings is 1. The number of carbonyl (C=O) groups is 1. The topological polar surface area (TPSA) is 55.8 Å². The van der Waals surface area contributed by atoms with Crippen molar-refractivity contribution in [2.45, 2.75) is 45.8 Å². The summed E-state index contributed by atoms with van der Waals surface area (Å²) in [5, 5.41) is 10.1. The Labute approximate surface area is 123 Å². The molecule has 1 aliphatic heterocycles. The summed E-state index contributed by atoms with van der Waals surface area (Å²) >= 11 is 0. The van der Waals surface area contributed by atoms with Crippen molar-refractivity contribution >= 4 is 5.97 Å². The molecule has 0 bridgehead atoms. The number of hydrogen-bond acceptors (Lipinski definition) is 4. The molecule has 0 spiro atoms. The minimum absolute atomic E-state index is 0.0999. The van der Waals surface area contributed by atoms with Crippen LogP contribution in [0.5, 0.6) is 5.75 Å². The summed E-state index contributed by atoms with van der Waals surface area (Å²) in [6.07, 6.45) is -0.155. The smallest absolute Gasteiger partial charge is 0.311 e. The Morgan fingerprint density at radius 1 is 1.52 bits per heavy atom. The molecule has 5 heteroatoms. The van der Waals surface area contributed by atoms with Gasteiger partial charge in [0.2, 0.25) is 0 Å². The zero-order chi connectivity index (χ0) is 15.6. The van der Waals surface area contributed by atoms with E-state index in [2.05, 4.69) is 0 Å². The molecule has 116 valence electrons. The fourth-order valence-corrected chi connectivity index (χ4v) is 2.13. The molecule has 2 rings (SSSR count). The minimum atomic E-state index is -0.894. The van der Waals surface area contributed by atoms with Crippen LogP contribution in [0.3, 0.4) is 0 Å². The summed E-state index contributed by atoms with van der Waals surface area (Å²) in [7, 11) is 0. The summed E-state index contributed by atoms with van der Waals surface area (Å²) in [6, 6.07) is 4.33. The van der Waals surface area contributed by atoms with Crippen molar-refractivity contribution < 1.29 is 23.8 Å². The average molecular weight is 296 g/mol. The Morgan fingerprint density at radius 2 is 2.24 bits per heavy atom. The van der Waals surface area contributed by atoms with Gasteiger partial charge in [-0.2, -0.15) is 0 Å². The molecule has 0 fully saturated rings. The van der Waals surface area contributed by atoms with Crippen LogP contribution in [-0.2, 0) is 16.0 Å². The molecule has 0 radical (unpaired) electrons. The van der Waals surface area contributed by atoms with Gasteiger partial charge in [-0.15, -0.1) is 0 Å². The Hall–Kier alpha value is -1.62. The van der Waals surface area contributed by atoms with Gasteiger partial charge in [0.15, 0.2) is 0 Å². The van der Waals surface area contributed by atoms with Gasteiger partial charge < -0.3 is 14.6 Å². The summed E-state index contributed by atoms with van der Waals surface area (Å²) in [5.41, 5.74) is 0.196. The first-order valence-corrected chi connectivity index (χ1v) is 7.08. The maximum Gasteiger partial charge on any atom is 0.311 e. The quantitative estimate of drug-likeness (QED) is 0.871. The molecular weight excluding hydrogens is 275 g/mol. The first kappa shape index (κ1) is 15.8. The number of aryl methyl sites for hydroxylation is 1. The van der Waals surface area contributed by atoms with E-state index in [1.165, 1.54) is 12.1 Å². The van der Waals surface area contributed by atoms with E-state index in [1.54, 1.807) is 26.8 Å². The molecule has 1 heterocycles. The van der Waals surface area contributed by atoms with E-state index >= 15 is 0 Å². The van der Waals surface area contributed by atoms with Crippen LogP contribution in [0.4, 0.5) is 4.39 Å². The van der Waals surface area contributed by atoms with Gasteiger partial charge in [-0.25, -0.2) is 4.39 Å². The number of rotatable bonds is 3. The predicted molar refractivity (Wildman–Crippen MR) is 75.6 cm³/mol. The number of esters is 1. The lowest BCUT2D eigenvalue weighted by Crippen LogP contribution is -2.39. The van der Waals surface area contributed by atoms with Gasteiger partial charge in [-0.1, -0.05) is 0 Å². The third-order valence-corrected chi connectivity index (χ3v) is 3.43. The van der Waals surface area contributed by atoms with E-state index in [4.69, 9.17) is 9.47 Å². The molecule has 0 saturated heterocycles. The van der Waals surface area contributed by atoms with Gasteiger partial charge >= 0.3 is 5.97 Å². The zero-order valence-electron chi connectivity index (χ0n) is 12.6. The lowest BCUT2D eigenvalue weighted by Gasteiger charge is -2.29. The van der Waals surface area contributed by atoms with Crippen LogP contribution in [0.2, 0.25) is 0 Å². The number of carbonyl (C=O) groups excluding carboxylic acids is 1. The van der Waals surface area contributed by atoms with Crippen LogP contribution >= 0.6 is 0 Å². The predicted octanol–water partition coefficient (Wildman–Crippen LogP) is 2.47. The molecule has 4 nitrogen and oxygen atoms in total. The van der Waals surface area contributed by atoms with E-state index in [-0.39, 0.29) is 18.4 Å². The largest absolute Gasteiger partial charge is 0.487 e. The van der Waals surface area contributed by atoms with Crippen molar-refractivity contribution in [2.75, 3.05) is 6.61 Å². The highest BCUT2D eigenvalue weighted by Crippen LogP contribution is 2.29. The fourth-order valence-electron chi connectivity index (χ4n) is 2.13. The van der Waals surface area contributed by atoms with Crippen LogP contribution in [0, 0.1) is 11.2 Å². The van der Waals surface area contributed by atoms with Crippen molar-refractivity contribution in [2.24, 2.45) is 5.41 Å². The number of ether oxygens (including phenoxy) is 2. The molecule has 1 aliphatic rings. The van der Waals surface area contributed by atoms with Crippen LogP contribution < -0.4 is 4.74 Å². The molecule has 0 aromatic heterocycles. The lowest BCUT2D eigenvalue weighted by atomic mass is 9.97. The maximum atomic E-state index is 13.1. The fraction of sp³-hybridized carbons (Fsp3) is 0.562. The lowest BCUT2D eigenvalue weighted by molar-refractivity contribution is -0.158. The highest BCUT2D eigenvalue weighted by atomic mass is 19.1. The van der Waals surface area contributed by atoms with Gasteiger partial charge in [0, 0.05) is 0 Å². The zero-order valence-corrected chi connectivity index (χ0v) is 12.6. The van der Waals surface area contributed by atoms with Crippen LogP contribution in [0.1, 0.15) is 32.8 Å². The van der Waals surface area contributed by atoms with Gasteiger partial charge in [0.25, 0.3) is 0 Å². The molecule has 21 heavy (non-hydrogen) atoms. The monoisotopic (exact) mass is 296 g/mol. The summed E-state index contributed by atoms with van der Waals surface area (Å²) in [6.45, 7) is 5.16. The third kappa shape index (κ3) is 3.94. The highest BCUT2D eigenvalue weighted by molar-refractivity contribution is 5.75. The van der Waals surface area contributed by atoms with E-state index in [9.17, 15) is 14.3 Å². The Bertz CT molecular complexity index is 521. The Morgan fingerprint density at radius 3 is 2.90 bits per heavy atom. The summed E-state index contributed by atoms with van der Waals surface area (Å²) < 4.78 is 23.9. The highest BCUT2D eigenvalue weighted by Gasteiger charge is 2.29. The second kappa shape index (κ2) is 6.02. The van der Waals surface area contributed by atoms with Gasteiger partial charge in [0.05, 0.1) is 5.41 Å². The van der Waals surface area contributed by atoms with Crippen LogP contribution in [-0.4, -0.2) is 29.9 Å². The molecule has 1 aromatic rings. The second-order valence-corrected chi connectivity index (χ2v) is 6.36. The van der Waals surface area contributed by atoms with Gasteiger partial charge in [0.1, 0.15) is 30.4 Å². The first-order chi connectivity index (χ1) is 9.77. The van der Waals surface area contributed by atoms with E-state index in [0.717, 1.165) is 5.56 Å². The minimum Gasteiger partial charge on any atom is -0.487 e. The number of hydrogen-bond donors (Lipinski definition) is 1. The normalized spacial score (nSPS) is 19.4. The Balaban J connectivity index is 1.92. The maximum absolute atomic E-state index is 13.1. The van der Waals surface area contributed by atoms with Crippen molar-refractivity contribution in [3.05, 3.63) is 29.6 Å². The molecule has 2 atom stereocenters. The molecule has 1 aromatic carbocycles. The summed E-state index contributed by atoms with van der Waals surface area (Å²) in [4.78, 5) is 11.7. The second-order valence-electron chi connectivity index (χ2n) is 6.36. The van der Waals surface area contributed by atoms with Gasteiger partial charge in [-0.05, 0) is 57.4 Å². The summed E-state index contributed by atoms with van der Waals surface area (Å²) in [5.74, 6) is -0.0795. The molecule has 0 amide bonds. The van der Waals surface area contributed by atoms with E-state index in [0.29, 0.717) is 18.6 Å². The molecule has 0 saturated carbocycles. The van der Waals surface area contributed by atoms with Crippen molar-refractivity contribution in [3.63, 3.8) is 0 Å². The SMILES string of the molecule is CC(C)(C)C(=O)OC[C@H](O)[C@H]1CCc2cc(F)ccc2O1. The van der Waals surface area contributed by atoms with Gasteiger partial charge in [-0.3, -0.25) is 4.79 Å². The molecule has 0 unspecified atom stereocenters. The van der Waals surface area contributed by atoms with Crippen molar-refractivity contribution in [1.82, 2.24) is 0 Å². The molecular formula is C16H21FO4. The number of halogens is 1. The molecule has 1 N–H and O–H groups in total. The van der Waals surface area contributed by atoms with Crippen LogP contribution in [0.15, 0.2) is 18.2 Å². The van der Waals surface area contributed by atoms with Crippen LogP contribution in [0.25, 0.3) is 0 Å². The number of fused-ring (bicyclic) bond motifs is 1. The first-order valence-electron chi connectivity index (χ1n) is 7.08. The van der Waals surface area contributed by atoms with Crippen molar-refractivity contribution in [3.8, 4) is 5.75 Å². The Kier molecular flexibility index (Phi) is 4.52. The standard InChI is InChI=1S/C16H21FO4/c1-16(2,3)15(19)20-9-12(18)14-6-4-10-8-11(17)5-7-13(10)21-14/h5,7-8,12,14,18H,4,6,9H2,1-3H3/t12-,14+/m0/s1. The number of aliphatic hydroxyl groups excluding tert-OH is 1. The molecule has 0 aliphatic carbocycles.